The van der Waals surface area contributed by atoms with Crippen LogP contribution in [0.25, 0.3) is 0 Å². The van der Waals surface area contributed by atoms with Crippen molar-refractivity contribution >= 4 is 17.9 Å². The molecule has 0 atom stereocenters. The first kappa shape index (κ1) is 41.9. The summed E-state index contributed by atoms with van der Waals surface area (Å²) in [6.07, 6.45) is 13.8. The Morgan fingerprint density at radius 2 is 0.829 bits per heavy atom. The maximum atomic E-state index is 10.2. The number of hydrogen-bond donors (Lipinski definition) is 3. The predicted molar refractivity (Wildman–Crippen MR) is 141 cm³/mol. The third kappa shape index (κ3) is 55.6. The van der Waals surface area contributed by atoms with Crippen LogP contribution in [-0.4, -0.2) is 33.2 Å². The van der Waals surface area contributed by atoms with E-state index in [-0.39, 0.29) is 41.7 Å². The molecule has 208 valence electrons. The van der Waals surface area contributed by atoms with Crippen LogP contribution in [0, 0.1) is 59.0 Å². The van der Waals surface area contributed by atoms with Gasteiger partial charge in [0, 0.05) is 61.0 Å². The van der Waals surface area contributed by atoms with Crippen molar-refractivity contribution in [2.75, 3.05) is 0 Å². The molecule has 3 N–H and O–H groups in total. The first-order valence-corrected chi connectivity index (χ1v) is 13.3. The van der Waals surface area contributed by atoms with Gasteiger partial charge in [0.2, 0.25) is 0 Å². The molecule has 0 bridgehead atoms. The normalized spacial score (nSPS) is 10.5. The average molecular weight is 629 g/mol. The van der Waals surface area contributed by atoms with Gasteiger partial charge in [0.05, 0.1) is 0 Å². The van der Waals surface area contributed by atoms with E-state index in [9.17, 15) is 14.4 Å². The minimum absolute atomic E-state index is 0. The molecule has 0 amide bonds. The van der Waals surface area contributed by atoms with Crippen molar-refractivity contribution in [2.45, 2.75) is 145 Å². The Kier molecular flexibility index (Phi) is 33.9. The molecule has 7 heteroatoms. The molecule has 0 rings (SSSR count). The molecular formula is C28H56CeO6. The maximum absolute atomic E-state index is 10.2. The van der Waals surface area contributed by atoms with Gasteiger partial charge in [0.1, 0.15) is 0 Å². The number of rotatable bonds is 17. The van der Waals surface area contributed by atoms with Crippen LogP contribution in [0.2, 0.25) is 0 Å². The van der Waals surface area contributed by atoms with Crippen LogP contribution >= 0.6 is 0 Å². The predicted octanol–water partition coefficient (Wildman–Crippen LogP) is 8.42. The monoisotopic (exact) mass is 628 g/mol. The molecule has 0 radical (unpaired) electrons. The standard InChI is InChI=1S/C10H20O2.2C9H18O2.Ce/c1-10(2,3)8-6-4-5-7-9(11)12;2*1-8(2)6-4-3-5-7-9(10)11;/h4-8H2,1-3H3,(H,11,12);2*8H,3-7H2,1-2H3,(H,10,11);. The Morgan fingerprint density at radius 1 is 0.543 bits per heavy atom. The smallest absolute Gasteiger partial charge is 0.303 e. The number of hydrogen-bond acceptors (Lipinski definition) is 3. The van der Waals surface area contributed by atoms with E-state index in [1.54, 1.807) is 0 Å². The van der Waals surface area contributed by atoms with Crippen molar-refractivity contribution in [3.63, 3.8) is 0 Å². The molecule has 0 fully saturated rings. The van der Waals surface area contributed by atoms with Gasteiger partial charge in [-0.05, 0) is 42.9 Å². The summed E-state index contributed by atoms with van der Waals surface area (Å²) in [5, 5.41) is 25.0. The molecule has 0 aliphatic rings. The van der Waals surface area contributed by atoms with Crippen molar-refractivity contribution in [2.24, 2.45) is 17.3 Å². The van der Waals surface area contributed by atoms with Crippen molar-refractivity contribution in [1.82, 2.24) is 0 Å². The first-order valence-electron chi connectivity index (χ1n) is 13.3. The van der Waals surface area contributed by atoms with Gasteiger partial charge in [-0.3, -0.25) is 14.4 Å². The summed E-state index contributed by atoms with van der Waals surface area (Å²) < 4.78 is 0. The molecule has 0 spiro atoms. The number of carboxylic acids is 3. The zero-order chi connectivity index (χ0) is 27.0. The van der Waals surface area contributed by atoms with E-state index >= 15 is 0 Å². The van der Waals surface area contributed by atoms with Crippen LogP contribution in [0.1, 0.15) is 145 Å². The molecule has 35 heavy (non-hydrogen) atoms. The molecule has 0 aliphatic carbocycles. The topological polar surface area (TPSA) is 112 Å². The Morgan fingerprint density at radius 3 is 1.06 bits per heavy atom. The van der Waals surface area contributed by atoms with Gasteiger partial charge in [-0.15, -0.1) is 0 Å². The minimum Gasteiger partial charge on any atom is -0.481 e. The van der Waals surface area contributed by atoms with Gasteiger partial charge in [-0.25, -0.2) is 0 Å². The van der Waals surface area contributed by atoms with Gasteiger partial charge in [0.25, 0.3) is 0 Å². The SMILES string of the molecule is CC(C)(C)CCCCCC(=O)O.CC(C)CCCCCC(=O)O.CC(C)CCCCCC(=O)O.[Ce]. The summed E-state index contributed by atoms with van der Waals surface area (Å²) in [6, 6.07) is 0. The molecule has 0 heterocycles. The second-order valence-electron chi connectivity index (χ2n) is 11.3. The third-order valence-electron chi connectivity index (χ3n) is 5.16. The Balaban J connectivity index is -0.000000203. The van der Waals surface area contributed by atoms with E-state index in [0.29, 0.717) is 24.7 Å². The molecule has 0 aromatic rings. The number of unbranched alkanes of at least 4 members (excludes halogenated alkanes) is 6. The Labute approximate surface area is 249 Å². The van der Waals surface area contributed by atoms with Crippen molar-refractivity contribution in [3.8, 4) is 0 Å². The number of aliphatic carboxylic acids is 3. The van der Waals surface area contributed by atoms with Crippen LogP contribution in [0.5, 0.6) is 0 Å². The summed E-state index contributed by atoms with van der Waals surface area (Å²) in [5.74, 6) is -0.519. The summed E-state index contributed by atoms with van der Waals surface area (Å²) >= 11 is 0. The van der Waals surface area contributed by atoms with E-state index < -0.39 is 17.9 Å². The fourth-order valence-corrected chi connectivity index (χ4v) is 3.12. The quantitative estimate of drug-likeness (QED) is 0.139. The average Bonchev–Trinajstić information content (AvgIpc) is 2.66. The fourth-order valence-electron chi connectivity index (χ4n) is 3.12. The Hall–Kier alpha value is -0.213. The van der Waals surface area contributed by atoms with Crippen LogP contribution in [0.3, 0.4) is 0 Å². The van der Waals surface area contributed by atoms with Crippen LogP contribution in [0.15, 0.2) is 0 Å². The van der Waals surface area contributed by atoms with E-state index in [1.807, 2.05) is 0 Å². The fraction of sp³-hybridized carbons (Fsp3) is 0.893. The van der Waals surface area contributed by atoms with Gasteiger partial charge < -0.3 is 15.3 Å². The third-order valence-corrected chi connectivity index (χ3v) is 5.16. The molecule has 0 saturated heterocycles. The van der Waals surface area contributed by atoms with Crippen molar-refractivity contribution in [1.29, 1.82) is 0 Å². The minimum atomic E-state index is -0.675. The molecule has 0 aromatic heterocycles. The summed E-state index contributed by atoms with van der Waals surface area (Å²) in [7, 11) is 0. The van der Waals surface area contributed by atoms with Gasteiger partial charge in [-0.2, -0.15) is 0 Å². The van der Waals surface area contributed by atoms with Crippen LogP contribution in [-0.2, 0) is 14.4 Å². The van der Waals surface area contributed by atoms with Gasteiger partial charge in [0.15, 0.2) is 0 Å². The van der Waals surface area contributed by atoms with Crippen LogP contribution < -0.4 is 0 Å². The molecule has 6 nitrogen and oxygen atoms in total. The van der Waals surface area contributed by atoms with E-state index in [2.05, 4.69) is 48.5 Å². The molecule has 0 aliphatic heterocycles. The summed E-state index contributed by atoms with van der Waals surface area (Å²) in [5.41, 5.74) is 0.392. The second-order valence-corrected chi connectivity index (χ2v) is 11.3. The second kappa shape index (κ2) is 28.4. The molecule has 0 unspecified atom stereocenters. The molecule has 0 saturated carbocycles. The molecule has 0 aromatic carbocycles. The largest absolute Gasteiger partial charge is 0.481 e. The van der Waals surface area contributed by atoms with Crippen molar-refractivity contribution < 1.29 is 71.5 Å². The van der Waals surface area contributed by atoms with Gasteiger partial charge in [-0.1, -0.05) is 99.8 Å². The first-order chi connectivity index (χ1) is 15.7. The number of carbonyl (C=O) groups is 3. The zero-order valence-corrected chi connectivity index (χ0v) is 27.0. The van der Waals surface area contributed by atoms with E-state index in [1.165, 1.54) is 32.1 Å². The Bertz CT molecular complexity index is 470. The van der Waals surface area contributed by atoms with E-state index in [4.69, 9.17) is 15.3 Å². The van der Waals surface area contributed by atoms with Crippen molar-refractivity contribution in [3.05, 3.63) is 0 Å². The van der Waals surface area contributed by atoms with E-state index in [0.717, 1.165) is 56.8 Å². The van der Waals surface area contributed by atoms with Gasteiger partial charge >= 0.3 is 17.9 Å². The number of carboxylic acid groups (broad SMARTS) is 3. The summed E-state index contributed by atoms with van der Waals surface area (Å²) in [4.78, 5) is 30.4. The summed E-state index contributed by atoms with van der Waals surface area (Å²) in [6.45, 7) is 15.4. The maximum Gasteiger partial charge on any atom is 0.303 e. The molecular weight excluding hydrogens is 572 g/mol. The van der Waals surface area contributed by atoms with Crippen LogP contribution in [0.4, 0.5) is 0 Å². The zero-order valence-electron chi connectivity index (χ0n) is 23.8.